The molecule has 2 rings (SSSR count). The molecule has 1 heterocycles. The largest absolute Gasteiger partial charge is 0.488 e. The van der Waals surface area contributed by atoms with Crippen LogP contribution in [0, 0.1) is 0 Å². The number of nitrogens with zero attached hydrogens (tertiary/aromatic N) is 1. The van der Waals surface area contributed by atoms with E-state index in [9.17, 15) is 0 Å². The minimum absolute atomic E-state index is 0.289. The Morgan fingerprint density at radius 1 is 1.19 bits per heavy atom. The zero-order valence-corrected chi connectivity index (χ0v) is 13.0. The number of ether oxygens (including phenoxy) is 3. The molecule has 1 fully saturated rings. The first-order valence-corrected chi connectivity index (χ1v) is 7.52. The fourth-order valence-electron chi connectivity index (χ4n) is 2.59. The number of para-hydroxylation sites is 2. The van der Waals surface area contributed by atoms with E-state index in [4.69, 9.17) is 14.2 Å². The Morgan fingerprint density at radius 3 is 2.43 bits per heavy atom. The van der Waals surface area contributed by atoms with E-state index in [1.165, 1.54) is 0 Å². The van der Waals surface area contributed by atoms with Gasteiger partial charge in [-0.3, -0.25) is 4.90 Å². The SMILES string of the molecule is C=CCOc1ccccc1OCCN1C[C@H](C)O[C@@H](C)C1. The van der Waals surface area contributed by atoms with Crippen LogP contribution in [0.1, 0.15) is 13.8 Å². The highest BCUT2D eigenvalue weighted by molar-refractivity contribution is 5.39. The van der Waals surface area contributed by atoms with Gasteiger partial charge in [-0.15, -0.1) is 0 Å². The molecule has 1 saturated heterocycles. The highest BCUT2D eigenvalue weighted by Crippen LogP contribution is 2.26. The second kappa shape index (κ2) is 8.05. The monoisotopic (exact) mass is 291 g/mol. The van der Waals surface area contributed by atoms with Crippen LogP contribution in [0.5, 0.6) is 11.5 Å². The highest BCUT2D eigenvalue weighted by atomic mass is 16.5. The Balaban J connectivity index is 1.81. The number of benzene rings is 1. The summed E-state index contributed by atoms with van der Waals surface area (Å²) in [7, 11) is 0. The molecule has 0 aromatic heterocycles. The molecule has 2 atom stereocenters. The Morgan fingerprint density at radius 2 is 1.81 bits per heavy atom. The lowest BCUT2D eigenvalue weighted by Gasteiger charge is -2.35. The van der Waals surface area contributed by atoms with E-state index >= 15 is 0 Å². The van der Waals surface area contributed by atoms with E-state index in [0.717, 1.165) is 31.1 Å². The summed E-state index contributed by atoms with van der Waals surface area (Å²) in [5, 5.41) is 0. The molecule has 4 heteroatoms. The smallest absolute Gasteiger partial charge is 0.161 e. The Kier molecular flexibility index (Phi) is 6.08. The second-order valence-corrected chi connectivity index (χ2v) is 5.41. The number of hydrogen-bond acceptors (Lipinski definition) is 4. The van der Waals surface area contributed by atoms with Crippen molar-refractivity contribution in [2.24, 2.45) is 0 Å². The maximum Gasteiger partial charge on any atom is 0.161 e. The Hall–Kier alpha value is -1.52. The van der Waals surface area contributed by atoms with Gasteiger partial charge in [0.25, 0.3) is 0 Å². The van der Waals surface area contributed by atoms with E-state index in [2.05, 4.69) is 25.3 Å². The molecule has 0 saturated carbocycles. The average Bonchev–Trinajstić information content (AvgIpc) is 2.45. The molecule has 1 aromatic rings. The van der Waals surface area contributed by atoms with Crippen LogP contribution in [0.15, 0.2) is 36.9 Å². The van der Waals surface area contributed by atoms with Crippen LogP contribution in [0.3, 0.4) is 0 Å². The number of morpholine rings is 1. The maximum absolute atomic E-state index is 5.87. The molecule has 1 aliphatic heterocycles. The first-order chi connectivity index (χ1) is 10.2. The van der Waals surface area contributed by atoms with Crippen LogP contribution in [0.4, 0.5) is 0 Å². The lowest BCUT2D eigenvalue weighted by molar-refractivity contribution is -0.0699. The average molecular weight is 291 g/mol. The molecule has 0 amide bonds. The molecule has 1 aromatic carbocycles. The van der Waals surface area contributed by atoms with E-state index in [1.54, 1.807) is 6.08 Å². The fraction of sp³-hybridized carbons (Fsp3) is 0.529. The molecular weight excluding hydrogens is 266 g/mol. The normalized spacial score (nSPS) is 22.8. The van der Waals surface area contributed by atoms with Crippen molar-refractivity contribution in [3.05, 3.63) is 36.9 Å². The zero-order chi connectivity index (χ0) is 15.1. The third-order valence-corrected chi connectivity index (χ3v) is 3.37. The number of rotatable bonds is 7. The van der Waals surface area contributed by atoms with Crippen molar-refractivity contribution in [1.29, 1.82) is 0 Å². The lowest BCUT2D eigenvalue weighted by atomic mass is 10.2. The van der Waals surface area contributed by atoms with Crippen molar-refractivity contribution in [2.45, 2.75) is 26.1 Å². The molecule has 0 unspecified atom stereocenters. The summed E-state index contributed by atoms with van der Waals surface area (Å²) in [6.07, 6.45) is 2.31. The summed E-state index contributed by atoms with van der Waals surface area (Å²) in [6, 6.07) is 7.74. The van der Waals surface area contributed by atoms with Gasteiger partial charge in [0.1, 0.15) is 13.2 Å². The van der Waals surface area contributed by atoms with Gasteiger partial charge in [-0.2, -0.15) is 0 Å². The second-order valence-electron chi connectivity index (χ2n) is 5.41. The Labute approximate surface area is 127 Å². The van der Waals surface area contributed by atoms with Crippen LogP contribution in [-0.2, 0) is 4.74 Å². The van der Waals surface area contributed by atoms with Gasteiger partial charge in [0.15, 0.2) is 11.5 Å². The minimum Gasteiger partial charge on any atom is -0.488 e. The van der Waals surface area contributed by atoms with Gasteiger partial charge in [-0.25, -0.2) is 0 Å². The molecule has 0 N–H and O–H groups in total. The summed E-state index contributed by atoms with van der Waals surface area (Å²) in [6.45, 7) is 11.8. The van der Waals surface area contributed by atoms with Gasteiger partial charge in [-0.05, 0) is 26.0 Å². The van der Waals surface area contributed by atoms with Gasteiger partial charge in [0.05, 0.1) is 12.2 Å². The van der Waals surface area contributed by atoms with Gasteiger partial charge >= 0.3 is 0 Å². The van der Waals surface area contributed by atoms with Gasteiger partial charge < -0.3 is 14.2 Å². The van der Waals surface area contributed by atoms with Crippen molar-refractivity contribution in [3.8, 4) is 11.5 Å². The molecule has 0 bridgehead atoms. The topological polar surface area (TPSA) is 30.9 Å². The summed E-state index contributed by atoms with van der Waals surface area (Å²) in [5.74, 6) is 1.55. The van der Waals surface area contributed by atoms with Crippen molar-refractivity contribution < 1.29 is 14.2 Å². The quantitative estimate of drug-likeness (QED) is 0.723. The van der Waals surface area contributed by atoms with E-state index in [-0.39, 0.29) is 12.2 Å². The van der Waals surface area contributed by atoms with Crippen molar-refractivity contribution in [1.82, 2.24) is 4.90 Å². The third kappa shape index (κ3) is 5.06. The van der Waals surface area contributed by atoms with E-state index < -0.39 is 0 Å². The van der Waals surface area contributed by atoms with Crippen LogP contribution in [0.25, 0.3) is 0 Å². The minimum atomic E-state index is 0.289. The van der Waals surface area contributed by atoms with Gasteiger partial charge in [0, 0.05) is 19.6 Å². The van der Waals surface area contributed by atoms with E-state index in [0.29, 0.717) is 13.2 Å². The number of hydrogen-bond donors (Lipinski definition) is 0. The molecule has 0 spiro atoms. The Bertz CT molecular complexity index is 439. The molecule has 0 aliphatic carbocycles. The molecule has 0 radical (unpaired) electrons. The maximum atomic E-state index is 5.87. The molecular formula is C17H25NO3. The van der Waals surface area contributed by atoms with Gasteiger partial charge in [-0.1, -0.05) is 24.8 Å². The molecule has 21 heavy (non-hydrogen) atoms. The summed E-state index contributed by atoms with van der Waals surface area (Å²) >= 11 is 0. The van der Waals surface area contributed by atoms with Crippen molar-refractivity contribution in [3.63, 3.8) is 0 Å². The summed E-state index contributed by atoms with van der Waals surface area (Å²) < 4.78 is 17.2. The van der Waals surface area contributed by atoms with Crippen LogP contribution in [0.2, 0.25) is 0 Å². The lowest BCUT2D eigenvalue weighted by Crippen LogP contribution is -2.46. The van der Waals surface area contributed by atoms with Crippen LogP contribution < -0.4 is 9.47 Å². The predicted octanol–water partition coefficient (Wildman–Crippen LogP) is 2.74. The van der Waals surface area contributed by atoms with E-state index in [1.807, 2.05) is 24.3 Å². The standard InChI is InChI=1S/C17H25NO3/c1-4-10-19-16-7-5-6-8-17(16)20-11-9-18-12-14(2)21-15(3)13-18/h4-8,14-15H,1,9-13H2,2-3H3/t14-,15-/m0/s1. The third-order valence-electron chi connectivity index (χ3n) is 3.37. The fourth-order valence-corrected chi connectivity index (χ4v) is 2.59. The zero-order valence-electron chi connectivity index (χ0n) is 13.0. The first kappa shape index (κ1) is 15.9. The molecule has 4 nitrogen and oxygen atoms in total. The highest BCUT2D eigenvalue weighted by Gasteiger charge is 2.21. The van der Waals surface area contributed by atoms with Crippen molar-refractivity contribution >= 4 is 0 Å². The first-order valence-electron chi connectivity index (χ1n) is 7.52. The molecule has 1 aliphatic rings. The summed E-state index contributed by atoms with van der Waals surface area (Å²) in [4.78, 5) is 2.38. The van der Waals surface area contributed by atoms with Crippen LogP contribution in [-0.4, -0.2) is 50.0 Å². The van der Waals surface area contributed by atoms with Gasteiger partial charge in [0.2, 0.25) is 0 Å². The predicted molar refractivity (Wildman–Crippen MR) is 84.1 cm³/mol. The summed E-state index contributed by atoms with van der Waals surface area (Å²) in [5.41, 5.74) is 0. The molecule has 116 valence electrons. The van der Waals surface area contributed by atoms with Crippen LogP contribution >= 0.6 is 0 Å². The van der Waals surface area contributed by atoms with Crippen molar-refractivity contribution in [2.75, 3.05) is 32.8 Å².